The molecule has 1 aromatic heterocycles. The average Bonchev–Trinajstić information content (AvgIpc) is 2.70. The molecule has 1 heterocycles. The number of hydrogen-bond acceptors (Lipinski definition) is 3. The minimum absolute atomic E-state index is 0.261. The van der Waals surface area contributed by atoms with Crippen molar-refractivity contribution in [2.45, 2.75) is 59.9 Å². The van der Waals surface area contributed by atoms with Crippen LogP contribution in [0.15, 0.2) is 16.5 Å². The Morgan fingerprint density at radius 2 is 1.76 bits per heavy atom. The summed E-state index contributed by atoms with van der Waals surface area (Å²) in [7, 11) is 0. The third-order valence-electron chi connectivity index (χ3n) is 2.83. The molecule has 1 unspecified atom stereocenters. The van der Waals surface area contributed by atoms with Gasteiger partial charge < -0.3 is 14.5 Å². The summed E-state index contributed by atoms with van der Waals surface area (Å²) in [5.74, 6) is 2.40. The fourth-order valence-corrected chi connectivity index (χ4v) is 1.31. The fourth-order valence-electron chi connectivity index (χ4n) is 1.31. The Bertz CT molecular complexity index is 318. The van der Waals surface area contributed by atoms with E-state index in [9.17, 15) is 0 Å². The lowest BCUT2D eigenvalue weighted by Gasteiger charge is -2.15. The van der Waals surface area contributed by atoms with E-state index in [0.717, 1.165) is 18.1 Å². The topological polar surface area (TPSA) is 34.4 Å². The molecule has 1 atom stereocenters. The Morgan fingerprint density at radius 3 is 2.35 bits per heavy atom. The Balaban J connectivity index is 2.35. The van der Waals surface area contributed by atoms with Gasteiger partial charge in [0.15, 0.2) is 0 Å². The summed E-state index contributed by atoms with van der Waals surface area (Å²) < 4.78 is 11.4. The van der Waals surface area contributed by atoms with Gasteiger partial charge in [-0.05, 0) is 25.0 Å². The van der Waals surface area contributed by atoms with Gasteiger partial charge in [-0.3, -0.25) is 0 Å². The van der Waals surface area contributed by atoms with Crippen molar-refractivity contribution in [3.8, 4) is 0 Å². The predicted molar refractivity (Wildman–Crippen MR) is 69.8 cm³/mol. The van der Waals surface area contributed by atoms with E-state index in [4.69, 9.17) is 9.15 Å². The van der Waals surface area contributed by atoms with E-state index in [1.165, 1.54) is 0 Å². The van der Waals surface area contributed by atoms with Crippen molar-refractivity contribution in [2.24, 2.45) is 5.92 Å². The van der Waals surface area contributed by atoms with Crippen LogP contribution in [-0.2, 0) is 17.9 Å². The van der Waals surface area contributed by atoms with Crippen LogP contribution in [0, 0.1) is 5.92 Å². The van der Waals surface area contributed by atoms with Crippen LogP contribution in [0.2, 0.25) is 0 Å². The van der Waals surface area contributed by atoms with E-state index in [-0.39, 0.29) is 6.10 Å². The van der Waals surface area contributed by atoms with Crippen LogP contribution in [0.3, 0.4) is 0 Å². The van der Waals surface area contributed by atoms with Crippen LogP contribution < -0.4 is 5.32 Å². The Hall–Kier alpha value is -0.800. The van der Waals surface area contributed by atoms with Crippen LogP contribution in [0.25, 0.3) is 0 Å². The Kier molecular flexibility index (Phi) is 5.72. The van der Waals surface area contributed by atoms with Gasteiger partial charge in [0.1, 0.15) is 18.1 Å². The summed E-state index contributed by atoms with van der Waals surface area (Å²) in [6.45, 7) is 12.0. The lowest BCUT2D eigenvalue weighted by molar-refractivity contribution is 0.0145. The standard InChI is InChI=1S/C14H25NO2/c1-10(2)12(5)16-9-14-7-6-13(17-14)8-15-11(3)4/h6-7,10-12,15H,8-9H2,1-5H3. The van der Waals surface area contributed by atoms with Crippen LogP contribution in [-0.4, -0.2) is 12.1 Å². The summed E-state index contributed by atoms with van der Waals surface area (Å²) in [6, 6.07) is 4.47. The van der Waals surface area contributed by atoms with Crippen molar-refractivity contribution in [2.75, 3.05) is 0 Å². The highest BCUT2D eigenvalue weighted by Gasteiger charge is 2.09. The van der Waals surface area contributed by atoms with E-state index >= 15 is 0 Å². The number of nitrogens with one attached hydrogen (secondary N) is 1. The highest BCUT2D eigenvalue weighted by molar-refractivity contribution is 5.06. The van der Waals surface area contributed by atoms with Crippen molar-refractivity contribution in [1.29, 1.82) is 0 Å². The largest absolute Gasteiger partial charge is 0.462 e. The van der Waals surface area contributed by atoms with Crippen LogP contribution in [0.1, 0.15) is 46.1 Å². The summed E-state index contributed by atoms with van der Waals surface area (Å²) in [4.78, 5) is 0. The molecule has 1 rings (SSSR count). The van der Waals surface area contributed by atoms with Gasteiger partial charge in [-0.25, -0.2) is 0 Å². The summed E-state index contributed by atoms with van der Waals surface area (Å²) in [5.41, 5.74) is 0. The number of hydrogen-bond donors (Lipinski definition) is 1. The molecule has 3 heteroatoms. The third-order valence-corrected chi connectivity index (χ3v) is 2.83. The average molecular weight is 239 g/mol. The van der Waals surface area contributed by atoms with Crippen molar-refractivity contribution < 1.29 is 9.15 Å². The number of furan rings is 1. The second kappa shape index (κ2) is 6.82. The maximum atomic E-state index is 5.71. The summed E-state index contributed by atoms with van der Waals surface area (Å²) >= 11 is 0. The normalized spacial score (nSPS) is 13.6. The van der Waals surface area contributed by atoms with Crippen molar-refractivity contribution in [1.82, 2.24) is 5.32 Å². The number of rotatable bonds is 7. The van der Waals surface area contributed by atoms with Crippen molar-refractivity contribution in [3.63, 3.8) is 0 Å². The quantitative estimate of drug-likeness (QED) is 0.792. The first kappa shape index (κ1) is 14.3. The van der Waals surface area contributed by atoms with Gasteiger partial charge in [-0.1, -0.05) is 27.7 Å². The molecule has 0 amide bonds. The first-order valence-electron chi connectivity index (χ1n) is 6.41. The van der Waals surface area contributed by atoms with Gasteiger partial charge in [0.25, 0.3) is 0 Å². The second-order valence-electron chi connectivity index (χ2n) is 5.16. The molecule has 0 spiro atoms. The van der Waals surface area contributed by atoms with Gasteiger partial charge in [0, 0.05) is 6.04 Å². The first-order chi connectivity index (χ1) is 7.99. The molecule has 17 heavy (non-hydrogen) atoms. The van der Waals surface area contributed by atoms with E-state index in [2.05, 4.69) is 39.9 Å². The van der Waals surface area contributed by atoms with Crippen LogP contribution in [0.5, 0.6) is 0 Å². The molecular formula is C14H25NO2. The molecule has 0 aliphatic rings. The highest BCUT2D eigenvalue weighted by atomic mass is 16.5. The van der Waals surface area contributed by atoms with Crippen molar-refractivity contribution in [3.05, 3.63) is 23.7 Å². The van der Waals surface area contributed by atoms with Gasteiger partial charge in [-0.2, -0.15) is 0 Å². The Morgan fingerprint density at radius 1 is 1.12 bits per heavy atom. The van der Waals surface area contributed by atoms with E-state index in [1.807, 2.05) is 12.1 Å². The summed E-state index contributed by atoms with van der Waals surface area (Å²) in [5, 5.41) is 3.32. The zero-order chi connectivity index (χ0) is 12.8. The van der Waals surface area contributed by atoms with Gasteiger partial charge in [0.05, 0.1) is 12.6 Å². The van der Waals surface area contributed by atoms with Gasteiger partial charge in [-0.15, -0.1) is 0 Å². The zero-order valence-electron chi connectivity index (χ0n) is 11.6. The first-order valence-corrected chi connectivity index (χ1v) is 6.41. The molecule has 0 saturated carbocycles. The van der Waals surface area contributed by atoms with Crippen LogP contribution >= 0.6 is 0 Å². The molecule has 0 radical (unpaired) electrons. The molecule has 0 bridgehead atoms. The lowest BCUT2D eigenvalue weighted by Crippen LogP contribution is -2.21. The third kappa shape index (κ3) is 5.37. The second-order valence-corrected chi connectivity index (χ2v) is 5.16. The molecule has 0 aromatic carbocycles. The summed E-state index contributed by atoms with van der Waals surface area (Å²) in [6.07, 6.45) is 0.261. The minimum Gasteiger partial charge on any atom is -0.462 e. The SMILES string of the molecule is CC(C)NCc1ccc(COC(C)C(C)C)o1. The molecule has 0 aliphatic heterocycles. The molecule has 1 aromatic rings. The minimum atomic E-state index is 0.261. The maximum Gasteiger partial charge on any atom is 0.129 e. The van der Waals surface area contributed by atoms with Crippen LogP contribution in [0.4, 0.5) is 0 Å². The van der Waals surface area contributed by atoms with E-state index < -0.39 is 0 Å². The van der Waals surface area contributed by atoms with Gasteiger partial charge >= 0.3 is 0 Å². The maximum absolute atomic E-state index is 5.71. The van der Waals surface area contributed by atoms with E-state index in [0.29, 0.717) is 18.6 Å². The molecule has 0 fully saturated rings. The fraction of sp³-hybridized carbons (Fsp3) is 0.714. The Labute approximate surface area is 105 Å². The van der Waals surface area contributed by atoms with Crippen molar-refractivity contribution >= 4 is 0 Å². The van der Waals surface area contributed by atoms with E-state index in [1.54, 1.807) is 0 Å². The smallest absolute Gasteiger partial charge is 0.129 e. The predicted octanol–water partition coefficient (Wildman–Crippen LogP) is 3.34. The molecule has 0 aliphatic carbocycles. The monoisotopic (exact) mass is 239 g/mol. The molecule has 0 saturated heterocycles. The molecule has 3 nitrogen and oxygen atoms in total. The molecule has 98 valence electrons. The molecular weight excluding hydrogens is 214 g/mol. The lowest BCUT2D eigenvalue weighted by atomic mass is 10.1. The number of ether oxygens (including phenoxy) is 1. The molecule has 1 N–H and O–H groups in total. The van der Waals surface area contributed by atoms with Gasteiger partial charge in [0.2, 0.25) is 0 Å². The highest BCUT2D eigenvalue weighted by Crippen LogP contribution is 2.12. The zero-order valence-corrected chi connectivity index (χ0v) is 11.6.